The number of carboxylic acid groups (broad SMARTS) is 1. The SMILES string of the molecule is Cc1cc2c(Cl)nc(C)c(Cc3ccc(S(=O)(=O)N[C@@H](Cc4ccccc4)C(=O)O)cc3)c2[nH]1. The molecule has 0 amide bonds. The number of aromatic nitrogens is 2. The second-order valence-electron chi connectivity index (χ2n) is 8.23. The second kappa shape index (κ2) is 9.58. The molecule has 4 rings (SSSR count). The fourth-order valence-electron chi connectivity index (χ4n) is 3.94. The van der Waals surface area contributed by atoms with E-state index in [0.717, 1.165) is 39.0 Å². The first-order chi connectivity index (χ1) is 16.1. The maximum absolute atomic E-state index is 12.9. The van der Waals surface area contributed by atoms with Gasteiger partial charge in [-0.3, -0.25) is 4.79 Å². The van der Waals surface area contributed by atoms with Crippen LogP contribution in [0.4, 0.5) is 0 Å². The van der Waals surface area contributed by atoms with Crippen molar-refractivity contribution in [2.75, 3.05) is 0 Å². The highest BCUT2D eigenvalue weighted by Crippen LogP contribution is 2.29. The van der Waals surface area contributed by atoms with Gasteiger partial charge in [-0.25, -0.2) is 13.4 Å². The van der Waals surface area contributed by atoms with Crippen LogP contribution < -0.4 is 4.72 Å². The molecule has 0 spiro atoms. The number of halogens is 1. The van der Waals surface area contributed by atoms with Crippen molar-refractivity contribution in [1.29, 1.82) is 0 Å². The van der Waals surface area contributed by atoms with Gasteiger partial charge in [0.2, 0.25) is 10.0 Å². The number of nitrogens with zero attached hydrogens (tertiary/aromatic N) is 1. The summed E-state index contributed by atoms with van der Waals surface area (Å²) >= 11 is 6.29. The van der Waals surface area contributed by atoms with Gasteiger partial charge in [-0.05, 0) is 49.6 Å². The van der Waals surface area contributed by atoms with Crippen molar-refractivity contribution in [3.8, 4) is 0 Å². The van der Waals surface area contributed by atoms with E-state index >= 15 is 0 Å². The van der Waals surface area contributed by atoms with Gasteiger partial charge in [0, 0.05) is 28.8 Å². The lowest BCUT2D eigenvalue weighted by molar-refractivity contribution is -0.138. The molecule has 2 heterocycles. The van der Waals surface area contributed by atoms with E-state index < -0.39 is 22.0 Å². The van der Waals surface area contributed by atoms with Gasteiger partial charge in [0.1, 0.15) is 11.2 Å². The van der Waals surface area contributed by atoms with Crippen LogP contribution in [0.25, 0.3) is 10.9 Å². The summed E-state index contributed by atoms with van der Waals surface area (Å²) < 4.78 is 28.1. The Hall–Kier alpha value is -3.20. The summed E-state index contributed by atoms with van der Waals surface area (Å²) in [5, 5.41) is 10.8. The number of aromatic amines is 1. The topological polar surface area (TPSA) is 112 Å². The van der Waals surface area contributed by atoms with Gasteiger partial charge in [-0.15, -0.1) is 0 Å². The summed E-state index contributed by atoms with van der Waals surface area (Å²) in [5.74, 6) is -1.24. The fraction of sp³-hybridized carbons (Fsp3) is 0.200. The van der Waals surface area contributed by atoms with Crippen molar-refractivity contribution >= 4 is 38.5 Å². The highest BCUT2D eigenvalue weighted by Gasteiger charge is 2.25. The number of aryl methyl sites for hydroxylation is 2. The number of aliphatic carboxylic acids is 1. The highest BCUT2D eigenvalue weighted by molar-refractivity contribution is 7.89. The Bertz CT molecular complexity index is 1450. The first-order valence-electron chi connectivity index (χ1n) is 10.7. The van der Waals surface area contributed by atoms with Crippen LogP contribution in [0.1, 0.15) is 28.1 Å². The lowest BCUT2D eigenvalue weighted by Crippen LogP contribution is -2.42. The van der Waals surface area contributed by atoms with Gasteiger partial charge < -0.3 is 10.1 Å². The smallest absolute Gasteiger partial charge is 0.322 e. The predicted octanol–water partition coefficient (Wildman–Crippen LogP) is 4.40. The predicted molar refractivity (Wildman–Crippen MR) is 132 cm³/mol. The highest BCUT2D eigenvalue weighted by atomic mass is 35.5. The molecular formula is C25H24ClN3O4S. The molecule has 0 fully saturated rings. The molecule has 0 aliphatic rings. The van der Waals surface area contributed by atoms with Gasteiger partial charge in [-0.2, -0.15) is 4.72 Å². The largest absolute Gasteiger partial charge is 0.480 e. The molecule has 7 nitrogen and oxygen atoms in total. The van der Waals surface area contributed by atoms with Crippen molar-refractivity contribution in [1.82, 2.24) is 14.7 Å². The van der Waals surface area contributed by atoms with Crippen molar-refractivity contribution in [3.63, 3.8) is 0 Å². The number of benzene rings is 2. The van der Waals surface area contributed by atoms with E-state index in [-0.39, 0.29) is 11.3 Å². The van der Waals surface area contributed by atoms with Crippen molar-refractivity contribution in [2.24, 2.45) is 0 Å². The molecule has 0 radical (unpaired) electrons. The lowest BCUT2D eigenvalue weighted by Gasteiger charge is -2.15. The van der Waals surface area contributed by atoms with Crippen LogP contribution in [0.3, 0.4) is 0 Å². The second-order valence-corrected chi connectivity index (χ2v) is 10.3. The monoisotopic (exact) mass is 497 g/mol. The zero-order chi connectivity index (χ0) is 24.5. The molecule has 9 heteroatoms. The van der Waals surface area contributed by atoms with Crippen LogP contribution in [-0.4, -0.2) is 35.5 Å². The zero-order valence-electron chi connectivity index (χ0n) is 18.7. The standard InChI is InChI=1S/C25H24ClN3O4S/c1-15-12-21-23(27-15)20(16(2)28-24(21)26)13-18-8-10-19(11-9-18)34(32,33)29-22(25(30)31)14-17-6-4-3-5-7-17/h3-12,22,27,29H,13-14H2,1-2H3,(H,30,31)/t22-/m0/s1. The average molecular weight is 498 g/mol. The lowest BCUT2D eigenvalue weighted by atomic mass is 10.0. The molecule has 4 aromatic rings. The Morgan fingerprint density at radius 2 is 1.76 bits per heavy atom. The van der Waals surface area contributed by atoms with Gasteiger partial charge in [0.25, 0.3) is 0 Å². The summed E-state index contributed by atoms with van der Waals surface area (Å²) in [5.41, 5.74) is 5.28. The molecule has 34 heavy (non-hydrogen) atoms. The van der Waals surface area contributed by atoms with Crippen LogP contribution in [0.5, 0.6) is 0 Å². The summed E-state index contributed by atoms with van der Waals surface area (Å²) in [6, 6.07) is 16.0. The van der Waals surface area contributed by atoms with Crippen LogP contribution in [0.2, 0.25) is 5.15 Å². The third-order valence-corrected chi connectivity index (χ3v) is 7.45. The van der Waals surface area contributed by atoms with Crippen LogP contribution in [0, 0.1) is 13.8 Å². The summed E-state index contributed by atoms with van der Waals surface area (Å²) in [7, 11) is -4.03. The summed E-state index contributed by atoms with van der Waals surface area (Å²) in [6.07, 6.45) is 0.577. The van der Waals surface area contributed by atoms with E-state index in [0.29, 0.717) is 11.6 Å². The van der Waals surface area contributed by atoms with Gasteiger partial charge in [0.05, 0.1) is 10.4 Å². The van der Waals surface area contributed by atoms with E-state index in [1.165, 1.54) is 12.1 Å². The molecule has 2 aromatic carbocycles. The van der Waals surface area contributed by atoms with Crippen LogP contribution in [-0.2, 0) is 27.7 Å². The van der Waals surface area contributed by atoms with Gasteiger partial charge >= 0.3 is 5.97 Å². The first kappa shape index (κ1) is 23.9. The molecule has 3 N–H and O–H groups in total. The number of nitrogens with one attached hydrogen (secondary N) is 2. The number of carboxylic acids is 1. The molecule has 0 bridgehead atoms. The molecule has 176 valence electrons. The average Bonchev–Trinajstić information content (AvgIpc) is 3.19. The molecule has 0 unspecified atom stereocenters. The number of carbonyl (C=O) groups is 1. The Morgan fingerprint density at radius 1 is 1.09 bits per heavy atom. The number of hydrogen-bond donors (Lipinski definition) is 3. The summed E-state index contributed by atoms with van der Waals surface area (Å²) in [4.78, 5) is 19.5. The van der Waals surface area contributed by atoms with E-state index in [4.69, 9.17) is 11.6 Å². The maximum atomic E-state index is 12.9. The van der Waals surface area contributed by atoms with Gasteiger partial charge in [0.15, 0.2) is 0 Å². The fourth-order valence-corrected chi connectivity index (χ4v) is 5.40. The number of H-pyrrole nitrogens is 1. The molecular weight excluding hydrogens is 474 g/mol. The van der Waals surface area contributed by atoms with E-state index in [1.54, 1.807) is 36.4 Å². The molecule has 0 saturated heterocycles. The Morgan fingerprint density at radius 3 is 2.41 bits per heavy atom. The third kappa shape index (κ3) is 5.14. The minimum Gasteiger partial charge on any atom is -0.480 e. The molecule has 0 aliphatic heterocycles. The normalized spacial score (nSPS) is 12.7. The Labute approximate surface area is 202 Å². The maximum Gasteiger partial charge on any atom is 0.322 e. The first-order valence-corrected chi connectivity index (χ1v) is 12.5. The minimum absolute atomic E-state index is 0.00220. The van der Waals surface area contributed by atoms with E-state index in [1.807, 2.05) is 26.0 Å². The Kier molecular flexibility index (Phi) is 6.74. The number of hydrogen-bond acceptors (Lipinski definition) is 4. The molecule has 2 aromatic heterocycles. The van der Waals surface area contributed by atoms with Crippen LogP contribution >= 0.6 is 11.6 Å². The number of fused-ring (bicyclic) bond motifs is 1. The van der Waals surface area contributed by atoms with Crippen molar-refractivity contribution < 1.29 is 18.3 Å². The Balaban J connectivity index is 1.55. The zero-order valence-corrected chi connectivity index (χ0v) is 20.2. The molecule has 0 saturated carbocycles. The van der Waals surface area contributed by atoms with Crippen LogP contribution in [0.15, 0.2) is 65.6 Å². The van der Waals surface area contributed by atoms with Gasteiger partial charge in [-0.1, -0.05) is 54.1 Å². The number of pyridine rings is 1. The minimum atomic E-state index is -4.03. The molecule has 0 aliphatic carbocycles. The van der Waals surface area contributed by atoms with Crippen molar-refractivity contribution in [3.05, 3.63) is 93.9 Å². The number of sulfonamides is 1. The van der Waals surface area contributed by atoms with Crippen molar-refractivity contribution in [2.45, 2.75) is 37.6 Å². The number of rotatable bonds is 8. The molecule has 1 atom stereocenters. The quantitative estimate of drug-likeness (QED) is 0.312. The van der Waals surface area contributed by atoms with E-state index in [9.17, 15) is 18.3 Å². The third-order valence-electron chi connectivity index (χ3n) is 5.67. The van der Waals surface area contributed by atoms with E-state index in [2.05, 4.69) is 14.7 Å². The summed E-state index contributed by atoms with van der Waals surface area (Å²) in [6.45, 7) is 3.84.